The van der Waals surface area contributed by atoms with Crippen LogP contribution in [0, 0.1) is 12.7 Å². The zero-order valence-corrected chi connectivity index (χ0v) is 9.77. The summed E-state index contributed by atoms with van der Waals surface area (Å²) in [6, 6.07) is 2.87. The highest BCUT2D eigenvalue weighted by atomic mass is 19.1. The van der Waals surface area contributed by atoms with Gasteiger partial charge in [0.15, 0.2) is 11.6 Å². The molecule has 0 spiro atoms. The predicted octanol–water partition coefficient (Wildman–Crippen LogP) is 2.03. The molecule has 5 heteroatoms. The van der Waals surface area contributed by atoms with Crippen LogP contribution in [-0.2, 0) is 13.7 Å². The second-order valence-electron chi connectivity index (χ2n) is 3.95. The van der Waals surface area contributed by atoms with E-state index in [-0.39, 0.29) is 12.4 Å². The molecule has 0 radical (unpaired) electrons. The van der Waals surface area contributed by atoms with Gasteiger partial charge in [-0.05, 0) is 18.6 Å². The molecule has 90 valence electrons. The Balaban J connectivity index is 2.11. The van der Waals surface area contributed by atoms with Crippen molar-refractivity contribution in [2.75, 3.05) is 5.73 Å². The Kier molecular flexibility index (Phi) is 2.99. The number of benzene rings is 1. The fraction of sp³-hybridized carbons (Fsp3) is 0.250. The molecule has 0 amide bonds. The van der Waals surface area contributed by atoms with Gasteiger partial charge in [0, 0.05) is 30.6 Å². The number of aromatic nitrogens is 2. The average molecular weight is 235 g/mol. The van der Waals surface area contributed by atoms with E-state index in [2.05, 4.69) is 5.10 Å². The summed E-state index contributed by atoms with van der Waals surface area (Å²) in [5.41, 5.74) is 7.71. The van der Waals surface area contributed by atoms with Gasteiger partial charge in [-0.3, -0.25) is 4.68 Å². The van der Waals surface area contributed by atoms with Crippen LogP contribution in [0.4, 0.5) is 10.1 Å². The second kappa shape index (κ2) is 4.45. The molecular weight excluding hydrogens is 221 g/mol. The van der Waals surface area contributed by atoms with Crippen LogP contribution in [0.1, 0.15) is 11.1 Å². The number of nitrogen functional groups attached to an aromatic ring is 1. The normalized spacial score (nSPS) is 10.5. The van der Waals surface area contributed by atoms with Crippen LogP contribution in [-0.4, -0.2) is 9.78 Å². The van der Waals surface area contributed by atoms with Gasteiger partial charge in [0.25, 0.3) is 0 Å². The van der Waals surface area contributed by atoms with E-state index in [1.54, 1.807) is 16.9 Å². The summed E-state index contributed by atoms with van der Waals surface area (Å²) in [7, 11) is 1.82. The number of nitrogens with zero attached hydrogens (tertiary/aromatic N) is 2. The summed E-state index contributed by atoms with van der Waals surface area (Å²) in [4.78, 5) is 0. The fourth-order valence-electron chi connectivity index (χ4n) is 1.49. The van der Waals surface area contributed by atoms with Crippen molar-refractivity contribution < 1.29 is 9.13 Å². The summed E-state index contributed by atoms with van der Waals surface area (Å²) in [5, 5.41) is 4.01. The van der Waals surface area contributed by atoms with Crippen molar-refractivity contribution in [1.29, 1.82) is 0 Å². The number of rotatable bonds is 3. The predicted molar refractivity (Wildman–Crippen MR) is 63.1 cm³/mol. The molecule has 0 saturated heterocycles. The van der Waals surface area contributed by atoms with E-state index in [4.69, 9.17) is 10.5 Å². The van der Waals surface area contributed by atoms with Crippen molar-refractivity contribution in [3.05, 3.63) is 41.5 Å². The van der Waals surface area contributed by atoms with Gasteiger partial charge in [0.05, 0.1) is 6.20 Å². The van der Waals surface area contributed by atoms with Crippen molar-refractivity contribution in [3.8, 4) is 5.75 Å². The Morgan fingerprint density at radius 1 is 1.47 bits per heavy atom. The van der Waals surface area contributed by atoms with Crippen molar-refractivity contribution in [2.24, 2.45) is 7.05 Å². The third-order valence-electron chi connectivity index (χ3n) is 2.47. The van der Waals surface area contributed by atoms with E-state index in [9.17, 15) is 4.39 Å². The summed E-state index contributed by atoms with van der Waals surface area (Å²) in [6.45, 7) is 2.10. The Morgan fingerprint density at radius 2 is 2.24 bits per heavy atom. The topological polar surface area (TPSA) is 53.1 Å². The van der Waals surface area contributed by atoms with Crippen molar-refractivity contribution >= 4 is 5.69 Å². The standard InChI is InChI=1S/C12H14FN3O/c1-8-3-12(10(13)4-11(8)14)17-7-9-5-15-16(2)6-9/h3-6H,7,14H2,1-2H3. The van der Waals surface area contributed by atoms with Gasteiger partial charge < -0.3 is 10.5 Å². The van der Waals surface area contributed by atoms with E-state index in [0.717, 1.165) is 11.1 Å². The Labute approximate surface area is 98.8 Å². The number of aryl methyl sites for hydroxylation is 2. The average Bonchev–Trinajstić information content (AvgIpc) is 2.68. The molecular formula is C12H14FN3O. The molecule has 1 aromatic heterocycles. The van der Waals surface area contributed by atoms with E-state index in [1.807, 2.05) is 20.2 Å². The third kappa shape index (κ3) is 2.55. The molecule has 0 bridgehead atoms. The smallest absolute Gasteiger partial charge is 0.167 e. The molecule has 0 aliphatic carbocycles. The number of hydrogen-bond donors (Lipinski definition) is 1. The van der Waals surface area contributed by atoms with E-state index in [1.165, 1.54) is 6.07 Å². The Hall–Kier alpha value is -2.04. The summed E-state index contributed by atoms with van der Waals surface area (Å²) < 4.78 is 20.6. The van der Waals surface area contributed by atoms with Gasteiger partial charge in [0.2, 0.25) is 0 Å². The minimum absolute atomic E-state index is 0.209. The molecule has 0 aliphatic rings. The number of anilines is 1. The third-order valence-corrected chi connectivity index (χ3v) is 2.47. The molecule has 1 aromatic carbocycles. The Bertz CT molecular complexity index is 537. The van der Waals surface area contributed by atoms with Gasteiger partial charge in [0.1, 0.15) is 6.61 Å². The monoisotopic (exact) mass is 235 g/mol. The highest BCUT2D eigenvalue weighted by molar-refractivity contribution is 5.50. The second-order valence-corrected chi connectivity index (χ2v) is 3.95. The first kappa shape index (κ1) is 11.4. The zero-order chi connectivity index (χ0) is 12.4. The van der Waals surface area contributed by atoms with Gasteiger partial charge in [-0.25, -0.2) is 4.39 Å². The van der Waals surface area contributed by atoms with E-state index >= 15 is 0 Å². The van der Waals surface area contributed by atoms with Crippen LogP contribution in [0.15, 0.2) is 24.5 Å². The molecule has 0 fully saturated rings. The van der Waals surface area contributed by atoms with Gasteiger partial charge >= 0.3 is 0 Å². The minimum Gasteiger partial charge on any atom is -0.486 e. The molecule has 0 unspecified atom stereocenters. The van der Waals surface area contributed by atoms with Crippen LogP contribution in [0.5, 0.6) is 5.75 Å². The zero-order valence-electron chi connectivity index (χ0n) is 9.77. The molecule has 0 aliphatic heterocycles. The highest BCUT2D eigenvalue weighted by Gasteiger charge is 2.07. The number of nitrogens with two attached hydrogens (primary N) is 1. The molecule has 1 heterocycles. The van der Waals surface area contributed by atoms with Gasteiger partial charge in [-0.15, -0.1) is 0 Å². The SMILES string of the molecule is Cc1cc(OCc2cnn(C)c2)c(F)cc1N. The van der Waals surface area contributed by atoms with Crippen LogP contribution in [0.2, 0.25) is 0 Å². The van der Waals surface area contributed by atoms with Gasteiger partial charge in [-0.2, -0.15) is 5.10 Å². The lowest BCUT2D eigenvalue weighted by atomic mass is 10.2. The number of halogens is 1. The number of ether oxygens (including phenoxy) is 1. The maximum absolute atomic E-state index is 13.5. The first-order valence-electron chi connectivity index (χ1n) is 5.22. The summed E-state index contributed by atoms with van der Waals surface area (Å²) in [5.74, 6) is -0.238. The van der Waals surface area contributed by atoms with Crippen LogP contribution in [0.3, 0.4) is 0 Å². The lowest BCUT2D eigenvalue weighted by molar-refractivity contribution is 0.290. The molecule has 0 saturated carbocycles. The minimum atomic E-state index is -0.447. The summed E-state index contributed by atoms with van der Waals surface area (Å²) in [6.07, 6.45) is 3.50. The van der Waals surface area contributed by atoms with Crippen LogP contribution < -0.4 is 10.5 Å². The maximum Gasteiger partial charge on any atom is 0.167 e. The first-order valence-corrected chi connectivity index (χ1v) is 5.22. The summed E-state index contributed by atoms with van der Waals surface area (Å²) >= 11 is 0. The Morgan fingerprint density at radius 3 is 2.88 bits per heavy atom. The lowest BCUT2D eigenvalue weighted by Crippen LogP contribution is -1.99. The number of hydrogen-bond acceptors (Lipinski definition) is 3. The largest absolute Gasteiger partial charge is 0.486 e. The van der Waals surface area contributed by atoms with Crippen molar-refractivity contribution in [3.63, 3.8) is 0 Å². The van der Waals surface area contributed by atoms with Crippen molar-refractivity contribution in [2.45, 2.75) is 13.5 Å². The molecule has 17 heavy (non-hydrogen) atoms. The van der Waals surface area contributed by atoms with Crippen LogP contribution >= 0.6 is 0 Å². The molecule has 2 rings (SSSR count). The lowest BCUT2D eigenvalue weighted by Gasteiger charge is -2.08. The van der Waals surface area contributed by atoms with E-state index < -0.39 is 5.82 Å². The fourth-order valence-corrected chi connectivity index (χ4v) is 1.49. The van der Waals surface area contributed by atoms with Crippen molar-refractivity contribution in [1.82, 2.24) is 9.78 Å². The maximum atomic E-state index is 13.5. The van der Waals surface area contributed by atoms with E-state index in [0.29, 0.717) is 5.69 Å². The first-order chi connectivity index (χ1) is 8.06. The quantitative estimate of drug-likeness (QED) is 0.828. The van der Waals surface area contributed by atoms with Gasteiger partial charge in [-0.1, -0.05) is 0 Å². The molecule has 2 aromatic rings. The molecule has 2 N–H and O–H groups in total. The van der Waals surface area contributed by atoms with Crippen LogP contribution in [0.25, 0.3) is 0 Å². The highest BCUT2D eigenvalue weighted by Crippen LogP contribution is 2.24. The molecule has 0 atom stereocenters. The molecule has 4 nitrogen and oxygen atoms in total.